The summed E-state index contributed by atoms with van der Waals surface area (Å²) in [6.07, 6.45) is 0.442. The number of nitrogens with zero attached hydrogens (tertiary/aromatic N) is 1. The number of aromatic nitrogens is 1. The summed E-state index contributed by atoms with van der Waals surface area (Å²) in [7, 11) is 0. The van der Waals surface area contributed by atoms with Crippen molar-refractivity contribution in [2.45, 2.75) is 26.9 Å². The van der Waals surface area contributed by atoms with Crippen LogP contribution in [-0.4, -0.2) is 23.3 Å². The number of carbonyl (C=O) groups excluding carboxylic acids is 2. The average molecular weight is 398 g/mol. The Kier molecular flexibility index (Phi) is 6.26. The molecule has 0 atom stereocenters. The quantitative estimate of drug-likeness (QED) is 0.418. The summed E-state index contributed by atoms with van der Waals surface area (Å²) in [4.78, 5) is 28.1. The minimum absolute atomic E-state index is 0.0311. The van der Waals surface area contributed by atoms with Crippen molar-refractivity contribution >= 4 is 34.3 Å². The Hall–Kier alpha value is -2.92. The van der Waals surface area contributed by atoms with Gasteiger partial charge in [0.2, 0.25) is 0 Å². The molecule has 0 saturated carbocycles. The molecule has 6 heteroatoms. The second-order valence-electron chi connectivity index (χ2n) is 6.27. The van der Waals surface area contributed by atoms with E-state index in [0.717, 1.165) is 16.5 Å². The highest BCUT2D eigenvalue weighted by Crippen LogP contribution is 2.27. The Labute approximate surface area is 168 Å². The highest BCUT2D eigenvalue weighted by molar-refractivity contribution is 6.32. The van der Waals surface area contributed by atoms with Crippen molar-refractivity contribution in [3.05, 3.63) is 70.4 Å². The normalized spacial score (nSPS) is 10.7. The topological polar surface area (TPSA) is 65.5 Å². The molecule has 0 N–H and O–H groups in total. The van der Waals surface area contributed by atoms with Crippen molar-refractivity contribution in [1.29, 1.82) is 0 Å². The van der Waals surface area contributed by atoms with Gasteiger partial charge in [0.25, 0.3) is 0 Å². The van der Waals surface area contributed by atoms with Gasteiger partial charge in [-0.05, 0) is 42.8 Å². The fraction of sp³-hybridized carbons (Fsp3) is 0.227. The predicted octanol–water partition coefficient (Wildman–Crippen LogP) is 4.91. The molecule has 5 nitrogen and oxygen atoms in total. The van der Waals surface area contributed by atoms with E-state index in [4.69, 9.17) is 21.1 Å². The highest BCUT2D eigenvalue weighted by Gasteiger charge is 2.13. The SMILES string of the molecule is CCC(=O)c1ccc(OCC(=O)OCc2nc3ccccc3c(C)c2Cl)cc1. The Morgan fingerprint density at radius 3 is 2.50 bits per heavy atom. The van der Waals surface area contributed by atoms with Crippen LogP contribution in [0.5, 0.6) is 5.75 Å². The number of aryl methyl sites for hydroxylation is 1. The molecule has 1 heterocycles. The number of ketones is 1. The van der Waals surface area contributed by atoms with Gasteiger partial charge in [-0.25, -0.2) is 9.78 Å². The first kappa shape index (κ1) is 19.8. The Morgan fingerprint density at radius 1 is 1.07 bits per heavy atom. The van der Waals surface area contributed by atoms with Crippen LogP contribution in [0.25, 0.3) is 10.9 Å². The van der Waals surface area contributed by atoms with Crippen LogP contribution in [0.15, 0.2) is 48.5 Å². The first-order chi connectivity index (χ1) is 13.5. The largest absolute Gasteiger partial charge is 0.482 e. The van der Waals surface area contributed by atoms with Crippen LogP contribution < -0.4 is 4.74 Å². The molecule has 0 fully saturated rings. The Balaban J connectivity index is 1.58. The highest BCUT2D eigenvalue weighted by atomic mass is 35.5. The number of esters is 1. The molecule has 3 aromatic rings. The number of carbonyl (C=O) groups is 2. The lowest BCUT2D eigenvalue weighted by molar-refractivity contribution is -0.147. The van der Waals surface area contributed by atoms with Crippen molar-refractivity contribution < 1.29 is 19.1 Å². The molecule has 28 heavy (non-hydrogen) atoms. The summed E-state index contributed by atoms with van der Waals surface area (Å²) >= 11 is 6.37. The maximum atomic E-state index is 12.0. The third kappa shape index (κ3) is 4.49. The molecule has 0 bridgehead atoms. The van der Waals surface area contributed by atoms with E-state index in [1.807, 2.05) is 31.2 Å². The molecule has 0 radical (unpaired) electrons. The zero-order valence-electron chi connectivity index (χ0n) is 15.7. The Bertz CT molecular complexity index is 1010. The van der Waals surface area contributed by atoms with Crippen LogP contribution in [0.1, 0.15) is 35.0 Å². The number of halogens is 1. The van der Waals surface area contributed by atoms with Gasteiger partial charge in [-0.2, -0.15) is 0 Å². The number of pyridine rings is 1. The lowest BCUT2D eigenvalue weighted by Crippen LogP contribution is -2.15. The number of para-hydroxylation sites is 1. The second-order valence-corrected chi connectivity index (χ2v) is 6.64. The van der Waals surface area contributed by atoms with Gasteiger partial charge in [0.15, 0.2) is 12.4 Å². The van der Waals surface area contributed by atoms with Gasteiger partial charge < -0.3 is 9.47 Å². The summed E-state index contributed by atoms with van der Waals surface area (Å²) in [5.74, 6) is 0.0146. The van der Waals surface area contributed by atoms with Gasteiger partial charge in [0.05, 0.1) is 16.2 Å². The molecule has 3 rings (SSSR count). The van der Waals surface area contributed by atoms with Gasteiger partial charge in [-0.3, -0.25) is 4.79 Å². The molecular weight excluding hydrogens is 378 g/mol. The fourth-order valence-corrected chi connectivity index (χ4v) is 2.99. The van der Waals surface area contributed by atoms with Crippen molar-refractivity contribution in [3.63, 3.8) is 0 Å². The summed E-state index contributed by atoms with van der Waals surface area (Å²) < 4.78 is 10.7. The van der Waals surface area contributed by atoms with Crippen LogP contribution in [0.2, 0.25) is 5.02 Å². The van der Waals surface area contributed by atoms with Crippen LogP contribution in [0, 0.1) is 6.92 Å². The number of rotatable bonds is 7. The van der Waals surface area contributed by atoms with Crippen molar-refractivity contribution in [2.24, 2.45) is 0 Å². The number of hydrogen-bond donors (Lipinski definition) is 0. The van der Waals surface area contributed by atoms with Crippen molar-refractivity contribution in [1.82, 2.24) is 4.98 Å². The molecular formula is C22H20ClNO4. The fourth-order valence-electron chi connectivity index (χ4n) is 2.79. The molecule has 2 aromatic carbocycles. The maximum Gasteiger partial charge on any atom is 0.344 e. The van der Waals surface area contributed by atoms with E-state index in [0.29, 0.717) is 28.5 Å². The first-order valence-electron chi connectivity index (χ1n) is 8.95. The molecule has 0 spiro atoms. The van der Waals surface area contributed by atoms with E-state index in [-0.39, 0.29) is 19.0 Å². The van der Waals surface area contributed by atoms with E-state index in [1.165, 1.54) is 0 Å². The molecule has 1 aromatic heterocycles. The zero-order valence-corrected chi connectivity index (χ0v) is 16.5. The molecule has 0 unspecified atom stereocenters. The first-order valence-corrected chi connectivity index (χ1v) is 9.32. The third-order valence-corrected chi connectivity index (χ3v) is 4.87. The number of fused-ring (bicyclic) bond motifs is 1. The van der Waals surface area contributed by atoms with Crippen LogP contribution >= 0.6 is 11.6 Å². The lowest BCUT2D eigenvalue weighted by atomic mass is 10.1. The van der Waals surface area contributed by atoms with E-state index in [2.05, 4.69) is 4.98 Å². The van der Waals surface area contributed by atoms with Crippen molar-refractivity contribution in [3.8, 4) is 5.75 Å². The minimum atomic E-state index is -0.530. The standard InChI is InChI=1S/C22H20ClNO4/c1-3-20(25)15-8-10-16(11-9-15)27-13-21(26)28-12-19-22(23)14(2)17-6-4-5-7-18(17)24-19/h4-11H,3,12-13H2,1-2H3. The smallest absolute Gasteiger partial charge is 0.344 e. The molecule has 0 aliphatic carbocycles. The minimum Gasteiger partial charge on any atom is -0.482 e. The van der Waals surface area contributed by atoms with Gasteiger partial charge in [0.1, 0.15) is 12.4 Å². The van der Waals surface area contributed by atoms with Gasteiger partial charge in [-0.15, -0.1) is 0 Å². The summed E-state index contributed by atoms with van der Waals surface area (Å²) in [6, 6.07) is 14.3. The van der Waals surface area contributed by atoms with E-state index in [9.17, 15) is 9.59 Å². The van der Waals surface area contributed by atoms with Gasteiger partial charge >= 0.3 is 5.97 Å². The summed E-state index contributed by atoms with van der Waals surface area (Å²) in [6.45, 7) is 3.44. The number of hydrogen-bond acceptors (Lipinski definition) is 5. The third-order valence-electron chi connectivity index (χ3n) is 4.37. The number of benzene rings is 2. The Morgan fingerprint density at radius 2 is 1.79 bits per heavy atom. The number of Topliss-reactive ketones (excluding diaryl/α,β-unsaturated/α-hetero) is 1. The molecule has 0 aliphatic rings. The van der Waals surface area contributed by atoms with E-state index >= 15 is 0 Å². The van der Waals surface area contributed by atoms with E-state index < -0.39 is 5.97 Å². The van der Waals surface area contributed by atoms with Crippen LogP contribution in [0.3, 0.4) is 0 Å². The summed E-state index contributed by atoms with van der Waals surface area (Å²) in [5, 5.41) is 1.46. The van der Waals surface area contributed by atoms with Gasteiger partial charge in [-0.1, -0.05) is 36.7 Å². The van der Waals surface area contributed by atoms with Crippen molar-refractivity contribution in [2.75, 3.05) is 6.61 Å². The number of ether oxygens (including phenoxy) is 2. The van der Waals surface area contributed by atoms with Gasteiger partial charge in [0, 0.05) is 17.4 Å². The molecule has 0 aliphatic heterocycles. The molecule has 0 saturated heterocycles. The van der Waals surface area contributed by atoms with Crippen LogP contribution in [0.4, 0.5) is 0 Å². The summed E-state index contributed by atoms with van der Waals surface area (Å²) in [5.41, 5.74) is 2.82. The monoisotopic (exact) mass is 397 g/mol. The van der Waals surface area contributed by atoms with Crippen LogP contribution in [-0.2, 0) is 16.1 Å². The zero-order chi connectivity index (χ0) is 20.1. The van der Waals surface area contributed by atoms with E-state index in [1.54, 1.807) is 31.2 Å². The molecule has 144 valence electrons. The maximum absolute atomic E-state index is 12.0. The lowest BCUT2D eigenvalue weighted by Gasteiger charge is -2.11. The predicted molar refractivity (Wildman–Crippen MR) is 108 cm³/mol. The molecule has 0 amide bonds. The second kappa shape index (κ2) is 8.85. The average Bonchev–Trinajstić information content (AvgIpc) is 2.73.